The molecule has 0 amide bonds. The van der Waals surface area contributed by atoms with Crippen molar-refractivity contribution >= 4 is 0 Å². The van der Waals surface area contributed by atoms with E-state index in [2.05, 4.69) is 0 Å². The Balaban J connectivity index is 3.06. The first-order valence-electron chi connectivity index (χ1n) is 4.13. The molecule has 1 aliphatic carbocycles. The standard InChI is InChI=1S/C10H11F3/c1-8-6-4-2-3-5-7-9(8)10(11,12)13/h4-7H,2-3H2,1H3. The molecule has 0 nitrogen and oxygen atoms in total. The monoisotopic (exact) mass is 188 g/mol. The van der Waals surface area contributed by atoms with Crippen LogP contribution in [0.25, 0.3) is 0 Å². The predicted molar refractivity (Wildman–Crippen MR) is 46.3 cm³/mol. The summed E-state index contributed by atoms with van der Waals surface area (Å²) < 4.78 is 37.1. The number of rotatable bonds is 0. The van der Waals surface area contributed by atoms with E-state index in [1.165, 1.54) is 19.1 Å². The number of hydrogen-bond acceptors (Lipinski definition) is 0. The molecule has 0 aromatic rings. The van der Waals surface area contributed by atoms with Gasteiger partial charge in [-0.2, -0.15) is 13.2 Å². The highest BCUT2D eigenvalue weighted by Gasteiger charge is 2.32. The highest BCUT2D eigenvalue weighted by molar-refractivity contribution is 5.36. The summed E-state index contributed by atoms with van der Waals surface area (Å²) in [5, 5.41) is 0. The molecule has 0 aromatic heterocycles. The van der Waals surface area contributed by atoms with Crippen molar-refractivity contribution in [1.29, 1.82) is 0 Å². The van der Waals surface area contributed by atoms with Gasteiger partial charge < -0.3 is 0 Å². The van der Waals surface area contributed by atoms with Crippen molar-refractivity contribution < 1.29 is 13.2 Å². The van der Waals surface area contributed by atoms with Crippen molar-refractivity contribution in [2.24, 2.45) is 0 Å². The second kappa shape index (κ2) is 3.81. The predicted octanol–water partition coefficient (Wildman–Crippen LogP) is 3.77. The minimum absolute atomic E-state index is 0.281. The topological polar surface area (TPSA) is 0 Å². The highest BCUT2D eigenvalue weighted by atomic mass is 19.4. The minimum atomic E-state index is -4.23. The van der Waals surface area contributed by atoms with Crippen LogP contribution in [-0.4, -0.2) is 6.18 Å². The van der Waals surface area contributed by atoms with E-state index in [1.807, 2.05) is 0 Å². The van der Waals surface area contributed by atoms with Crippen LogP contribution < -0.4 is 0 Å². The lowest BCUT2D eigenvalue weighted by Crippen LogP contribution is -2.11. The van der Waals surface area contributed by atoms with E-state index in [9.17, 15) is 13.2 Å². The zero-order valence-corrected chi connectivity index (χ0v) is 7.36. The number of alkyl halides is 3. The zero-order valence-electron chi connectivity index (χ0n) is 7.36. The summed E-state index contributed by atoms with van der Waals surface area (Å²) >= 11 is 0. The SMILES string of the molecule is CC1=C(C(F)(F)F)C=CCCC=C1. The first-order valence-corrected chi connectivity index (χ1v) is 4.13. The number of hydrogen-bond donors (Lipinski definition) is 0. The summed E-state index contributed by atoms with van der Waals surface area (Å²) in [4.78, 5) is 0. The quantitative estimate of drug-likeness (QED) is 0.542. The maximum Gasteiger partial charge on any atom is 0.416 e. The number of halogens is 3. The minimum Gasteiger partial charge on any atom is -0.166 e. The molecule has 1 aliphatic rings. The fraction of sp³-hybridized carbons (Fsp3) is 0.400. The van der Waals surface area contributed by atoms with E-state index in [4.69, 9.17) is 0 Å². The van der Waals surface area contributed by atoms with E-state index < -0.39 is 11.7 Å². The van der Waals surface area contributed by atoms with Gasteiger partial charge in [0.2, 0.25) is 0 Å². The molecule has 0 aliphatic heterocycles. The van der Waals surface area contributed by atoms with Gasteiger partial charge in [-0.15, -0.1) is 0 Å². The summed E-state index contributed by atoms with van der Waals surface area (Å²) in [7, 11) is 0. The normalized spacial score (nSPS) is 18.8. The first kappa shape index (κ1) is 10.1. The third-order valence-corrected chi connectivity index (χ3v) is 1.88. The molecule has 0 fully saturated rings. The Morgan fingerprint density at radius 3 is 2.15 bits per heavy atom. The summed E-state index contributed by atoms with van der Waals surface area (Å²) in [5.41, 5.74) is -0.258. The molecule has 0 saturated heterocycles. The molecule has 72 valence electrons. The fourth-order valence-corrected chi connectivity index (χ4v) is 1.19. The van der Waals surface area contributed by atoms with E-state index in [0.717, 1.165) is 6.42 Å². The van der Waals surface area contributed by atoms with Gasteiger partial charge in [0.15, 0.2) is 0 Å². The summed E-state index contributed by atoms with van der Waals surface area (Å²) in [6.07, 6.45) is 3.27. The summed E-state index contributed by atoms with van der Waals surface area (Å²) in [5.74, 6) is 0. The van der Waals surface area contributed by atoms with Gasteiger partial charge >= 0.3 is 6.18 Å². The molecule has 0 aromatic carbocycles. The Labute approximate surface area is 75.4 Å². The molecule has 0 bridgehead atoms. The average Bonchev–Trinajstić information content (AvgIpc) is 1.94. The summed E-state index contributed by atoms with van der Waals surface area (Å²) in [6, 6.07) is 0. The molecule has 0 radical (unpaired) electrons. The van der Waals surface area contributed by atoms with Crippen LogP contribution in [0.15, 0.2) is 35.5 Å². The maximum absolute atomic E-state index is 12.4. The van der Waals surface area contributed by atoms with Crippen LogP contribution in [0.1, 0.15) is 19.8 Å². The van der Waals surface area contributed by atoms with E-state index in [-0.39, 0.29) is 5.57 Å². The lowest BCUT2D eigenvalue weighted by molar-refractivity contribution is -0.0888. The van der Waals surface area contributed by atoms with Crippen molar-refractivity contribution in [2.45, 2.75) is 25.9 Å². The van der Waals surface area contributed by atoms with Crippen molar-refractivity contribution in [3.8, 4) is 0 Å². The molecule has 0 N–H and O–H groups in total. The second-order valence-corrected chi connectivity index (χ2v) is 2.98. The van der Waals surface area contributed by atoms with Crippen LogP contribution in [0, 0.1) is 0 Å². The van der Waals surface area contributed by atoms with Gasteiger partial charge in [0, 0.05) is 0 Å². The number of allylic oxidation sites excluding steroid dienone is 6. The Kier molecular flexibility index (Phi) is 2.96. The third kappa shape index (κ3) is 2.76. The summed E-state index contributed by atoms with van der Waals surface area (Å²) in [6.45, 7) is 1.48. The maximum atomic E-state index is 12.4. The van der Waals surface area contributed by atoms with Crippen molar-refractivity contribution in [1.82, 2.24) is 0 Å². The van der Waals surface area contributed by atoms with Crippen molar-refractivity contribution in [3.05, 3.63) is 35.5 Å². The van der Waals surface area contributed by atoms with Gasteiger partial charge in [-0.1, -0.05) is 24.3 Å². The molecule has 0 atom stereocenters. The van der Waals surface area contributed by atoms with E-state index >= 15 is 0 Å². The average molecular weight is 188 g/mol. The van der Waals surface area contributed by atoms with E-state index in [0.29, 0.717) is 6.42 Å². The van der Waals surface area contributed by atoms with Crippen molar-refractivity contribution in [2.75, 3.05) is 0 Å². The fourth-order valence-electron chi connectivity index (χ4n) is 1.19. The van der Waals surface area contributed by atoms with Gasteiger partial charge in [-0.05, 0) is 25.3 Å². The first-order chi connectivity index (χ1) is 6.02. The van der Waals surface area contributed by atoms with Crippen LogP contribution in [0.5, 0.6) is 0 Å². The van der Waals surface area contributed by atoms with Gasteiger partial charge in [0.25, 0.3) is 0 Å². The molecule has 3 heteroatoms. The largest absolute Gasteiger partial charge is 0.416 e. The Hall–Kier alpha value is -0.990. The Morgan fingerprint density at radius 2 is 1.62 bits per heavy atom. The lowest BCUT2D eigenvalue weighted by Gasteiger charge is -2.11. The van der Waals surface area contributed by atoms with Gasteiger partial charge in [0.1, 0.15) is 0 Å². The van der Waals surface area contributed by atoms with Crippen LogP contribution in [0.3, 0.4) is 0 Å². The molecule has 0 heterocycles. The van der Waals surface area contributed by atoms with Crippen LogP contribution in [-0.2, 0) is 0 Å². The molecule has 0 saturated carbocycles. The Morgan fingerprint density at radius 1 is 1.08 bits per heavy atom. The zero-order chi connectivity index (χ0) is 9.90. The molecule has 0 spiro atoms. The second-order valence-electron chi connectivity index (χ2n) is 2.98. The van der Waals surface area contributed by atoms with Crippen LogP contribution in [0.4, 0.5) is 13.2 Å². The molecule has 0 unspecified atom stereocenters. The lowest BCUT2D eigenvalue weighted by atomic mass is 10.0. The van der Waals surface area contributed by atoms with Crippen LogP contribution in [0.2, 0.25) is 0 Å². The third-order valence-electron chi connectivity index (χ3n) is 1.88. The van der Waals surface area contributed by atoms with Gasteiger partial charge in [-0.25, -0.2) is 0 Å². The Bertz CT molecular complexity index is 266. The van der Waals surface area contributed by atoms with Gasteiger partial charge in [0.05, 0.1) is 5.57 Å². The highest BCUT2D eigenvalue weighted by Crippen LogP contribution is 2.30. The van der Waals surface area contributed by atoms with Crippen LogP contribution >= 0.6 is 0 Å². The van der Waals surface area contributed by atoms with E-state index in [1.54, 1.807) is 12.2 Å². The molecule has 13 heavy (non-hydrogen) atoms. The molecular weight excluding hydrogens is 177 g/mol. The molecule has 1 rings (SSSR count). The molecular formula is C10H11F3. The van der Waals surface area contributed by atoms with Gasteiger partial charge in [-0.3, -0.25) is 0 Å². The van der Waals surface area contributed by atoms with Crippen molar-refractivity contribution in [3.63, 3.8) is 0 Å². The smallest absolute Gasteiger partial charge is 0.166 e.